The number of carbonyl (C=O) groups excluding carboxylic acids is 1. The van der Waals surface area contributed by atoms with Crippen LogP contribution in [0.15, 0.2) is 0 Å². The van der Waals surface area contributed by atoms with Gasteiger partial charge < -0.3 is 15.4 Å². The number of amides is 1. The van der Waals surface area contributed by atoms with Crippen LogP contribution in [0, 0.1) is 5.92 Å². The molecule has 0 spiro atoms. The van der Waals surface area contributed by atoms with Crippen LogP contribution in [0.1, 0.15) is 33.6 Å². The van der Waals surface area contributed by atoms with E-state index in [0.717, 1.165) is 19.4 Å². The number of nitrogens with two attached hydrogens (primary N) is 1. The number of rotatable bonds is 0. The van der Waals surface area contributed by atoms with E-state index < -0.39 is 5.60 Å². The van der Waals surface area contributed by atoms with Crippen molar-refractivity contribution in [3.05, 3.63) is 0 Å². The molecule has 0 unspecified atom stereocenters. The number of fused-ring (bicyclic) bond motifs is 2. The van der Waals surface area contributed by atoms with Gasteiger partial charge in [-0.1, -0.05) is 0 Å². The molecule has 1 amide bonds. The molecular weight excluding hydrogens is 192 g/mol. The fourth-order valence-electron chi connectivity index (χ4n) is 2.58. The van der Waals surface area contributed by atoms with Crippen LogP contribution < -0.4 is 5.73 Å². The lowest BCUT2D eigenvalue weighted by Gasteiger charge is -2.30. The molecule has 2 N–H and O–H groups in total. The highest BCUT2D eigenvalue weighted by molar-refractivity contribution is 5.69. The van der Waals surface area contributed by atoms with Crippen LogP contribution in [0.25, 0.3) is 0 Å². The third kappa shape index (κ3) is 1.95. The molecule has 0 aromatic carbocycles. The molecule has 1 saturated carbocycles. The number of likely N-dealkylation sites (tertiary alicyclic amines) is 1. The Morgan fingerprint density at radius 3 is 2.47 bits per heavy atom. The highest BCUT2D eigenvalue weighted by Crippen LogP contribution is 2.37. The van der Waals surface area contributed by atoms with Gasteiger partial charge in [0.2, 0.25) is 0 Å². The Balaban J connectivity index is 1.99. The summed E-state index contributed by atoms with van der Waals surface area (Å²) in [5.74, 6) is 0.488. The molecule has 0 aromatic heterocycles. The smallest absolute Gasteiger partial charge is 0.410 e. The minimum atomic E-state index is -0.414. The fraction of sp³-hybridized carbons (Fsp3) is 0.909. The Morgan fingerprint density at radius 2 is 2.07 bits per heavy atom. The zero-order valence-corrected chi connectivity index (χ0v) is 9.69. The monoisotopic (exact) mass is 212 g/mol. The van der Waals surface area contributed by atoms with E-state index in [4.69, 9.17) is 10.5 Å². The van der Waals surface area contributed by atoms with Crippen LogP contribution in [0.3, 0.4) is 0 Å². The van der Waals surface area contributed by atoms with Gasteiger partial charge in [0.25, 0.3) is 0 Å². The van der Waals surface area contributed by atoms with Crippen LogP contribution in [0.4, 0.5) is 4.79 Å². The summed E-state index contributed by atoms with van der Waals surface area (Å²) in [7, 11) is 0. The summed E-state index contributed by atoms with van der Waals surface area (Å²) in [5, 5.41) is 0. The highest BCUT2D eigenvalue weighted by atomic mass is 16.6. The topological polar surface area (TPSA) is 55.6 Å². The first kappa shape index (κ1) is 10.7. The summed E-state index contributed by atoms with van der Waals surface area (Å²) in [5.41, 5.74) is 5.61. The Bertz CT molecular complexity index is 272. The molecule has 0 aromatic rings. The van der Waals surface area contributed by atoms with Crippen LogP contribution >= 0.6 is 0 Å². The van der Waals surface area contributed by atoms with E-state index in [1.165, 1.54) is 0 Å². The molecule has 4 heteroatoms. The van der Waals surface area contributed by atoms with Gasteiger partial charge in [0, 0.05) is 12.6 Å². The third-order valence-electron chi connectivity index (χ3n) is 3.28. The first-order valence-corrected chi connectivity index (χ1v) is 5.64. The summed E-state index contributed by atoms with van der Waals surface area (Å²) < 4.78 is 5.35. The largest absolute Gasteiger partial charge is 0.444 e. The van der Waals surface area contributed by atoms with Gasteiger partial charge >= 0.3 is 6.09 Å². The molecule has 0 radical (unpaired) electrons. The van der Waals surface area contributed by atoms with Gasteiger partial charge in [0.15, 0.2) is 0 Å². The second-order valence-corrected chi connectivity index (χ2v) is 5.61. The number of carbonyl (C=O) groups is 1. The summed E-state index contributed by atoms with van der Waals surface area (Å²) in [6, 6.07) is 0.377. The standard InChI is InChI=1S/C11H20N2O2/c1-11(2,3)15-10(14)13-6-7-4-5-8(13)9(7)12/h7-9H,4-6,12H2,1-3H3/t7-,8-,9-/m1/s1. The van der Waals surface area contributed by atoms with Crippen molar-refractivity contribution < 1.29 is 9.53 Å². The summed E-state index contributed by atoms with van der Waals surface area (Å²) in [6.45, 7) is 6.44. The molecule has 1 saturated heterocycles. The first-order valence-electron chi connectivity index (χ1n) is 5.64. The van der Waals surface area contributed by atoms with E-state index >= 15 is 0 Å². The van der Waals surface area contributed by atoms with Crippen LogP contribution in [-0.4, -0.2) is 35.2 Å². The van der Waals surface area contributed by atoms with Gasteiger partial charge in [-0.3, -0.25) is 0 Å². The molecule has 4 nitrogen and oxygen atoms in total. The number of hydrogen-bond donors (Lipinski definition) is 1. The Labute approximate surface area is 90.8 Å². The summed E-state index contributed by atoms with van der Waals surface area (Å²) >= 11 is 0. The van der Waals surface area contributed by atoms with Gasteiger partial charge in [-0.25, -0.2) is 4.79 Å². The van der Waals surface area contributed by atoms with Crippen LogP contribution in [0.5, 0.6) is 0 Å². The predicted octanol–water partition coefficient (Wildman–Crippen LogP) is 1.34. The molecule has 1 aliphatic carbocycles. The summed E-state index contributed by atoms with van der Waals surface area (Å²) in [6.07, 6.45) is 1.99. The van der Waals surface area contributed by atoms with E-state index in [1.54, 1.807) is 0 Å². The van der Waals surface area contributed by atoms with Crippen LogP contribution in [-0.2, 0) is 4.74 Å². The third-order valence-corrected chi connectivity index (χ3v) is 3.28. The van der Waals surface area contributed by atoms with Crippen molar-refractivity contribution in [1.29, 1.82) is 0 Å². The first-order chi connectivity index (χ1) is 6.88. The van der Waals surface area contributed by atoms with Crippen molar-refractivity contribution in [2.24, 2.45) is 11.7 Å². The Kier molecular flexibility index (Phi) is 2.41. The normalized spacial score (nSPS) is 34.7. The molecule has 86 valence electrons. The van der Waals surface area contributed by atoms with Crippen LogP contribution in [0.2, 0.25) is 0 Å². The lowest BCUT2D eigenvalue weighted by Crippen LogP contribution is -2.44. The molecule has 2 fully saturated rings. The minimum absolute atomic E-state index is 0.164. The maximum atomic E-state index is 11.8. The average Bonchev–Trinajstić information content (AvgIpc) is 2.59. The molecule has 2 aliphatic rings. The predicted molar refractivity (Wildman–Crippen MR) is 57.4 cm³/mol. The second kappa shape index (κ2) is 3.37. The van der Waals surface area contributed by atoms with Gasteiger partial charge in [-0.2, -0.15) is 0 Å². The fourth-order valence-corrected chi connectivity index (χ4v) is 2.58. The molecule has 2 bridgehead atoms. The highest BCUT2D eigenvalue weighted by Gasteiger charge is 2.47. The van der Waals surface area contributed by atoms with Crippen molar-refractivity contribution in [2.45, 2.75) is 51.3 Å². The zero-order chi connectivity index (χ0) is 11.2. The average molecular weight is 212 g/mol. The molecule has 3 atom stereocenters. The minimum Gasteiger partial charge on any atom is -0.444 e. The van der Waals surface area contributed by atoms with Crippen molar-refractivity contribution in [3.63, 3.8) is 0 Å². The molecular formula is C11H20N2O2. The number of hydrogen-bond acceptors (Lipinski definition) is 3. The maximum absolute atomic E-state index is 11.8. The Morgan fingerprint density at radius 1 is 1.40 bits per heavy atom. The Hall–Kier alpha value is -0.770. The molecule has 1 aliphatic heterocycles. The molecule has 15 heavy (non-hydrogen) atoms. The second-order valence-electron chi connectivity index (χ2n) is 5.61. The van der Waals surface area contributed by atoms with Gasteiger partial charge in [-0.05, 0) is 39.5 Å². The van der Waals surface area contributed by atoms with Crippen molar-refractivity contribution in [1.82, 2.24) is 4.90 Å². The lowest BCUT2D eigenvalue weighted by molar-refractivity contribution is 0.0188. The zero-order valence-electron chi connectivity index (χ0n) is 9.69. The SMILES string of the molecule is CC(C)(C)OC(=O)N1C[C@H]2CC[C@@H]1[C@@H]2N. The number of ether oxygens (including phenoxy) is 1. The van der Waals surface area contributed by atoms with Gasteiger partial charge in [0.05, 0.1) is 6.04 Å². The van der Waals surface area contributed by atoms with Crippen molar-refractivity contribution >= 4 is 6.09 Å². The number of nitrogens with zero attached hydrogens (tertiary/aromatic N) is 1. The molecule has 1 heterocycles. The van der Waals surface area contributed by atoms with Crippen molar-refractivity contribution in [2.75, 3.05) is 6.54 Å². The number of piperidine rings is 1. The molecule has 2 rings (SSSR count). The van der Waals surface area contributed by atoms with E-state index in [-0.39, 0.29) is 18.2 Å². The van der Waals surface area contributed by atoms with Crippen molar-refractivity contribution in [3.8, 4) is 0 Å². The summed E-state index contributed by atoms with van der Waals surface area (Å²) in [4.78, 5) is 13.7. The maximum Gasteiger partial charge on any atom is 0.410 e. The van der Waals surface area contributed by atoms with E-state index in [0.29, 0.717) is 5.92 Å². The van der Waals surface area contributed by atoms with E-state index in [9.17, 15) is 4.79 Å². The van der Waals surface area contributed by atoms with Gasteiger partial charge in [0.1, 0.15) is 5.60 Å². The van der Waals surface area contributed by atoms with E-state index in [2.05, 4.69) is 0 Å². The lowest BCUT2D eigenvalue weighted by atomic mass is 10.1. The quantitative estimate of drug-likeness (QED) is 0.659. The van der Waals surface area contributed by atoms with E-state index in [1.807, 2.05) is 25.7 Å². The van der Waals surface area contributed by atoms with Gasteiger partial charge in [-0.15, -0.1) is 0 Å².